The Hall–Kier alpha value is -3.62. The number of hydrogen-bond donors (Lipinski definition) is 1. The number of thioether (sulfide) groups is 1. The molecule has 1 aromatic heterocycles. The van der Waals surface area contributed by atoms with Crippen LogP contribution in [0, 0.1) is 0 Å². The van der Waals surface area contributed by atoms with Gasteiger partial charge in [0.2, 0.25) is 0 Å². The van der Waals surface area contributed by atoms with Gasteiger partial charge in [-0.15, -0.1) is 11.3 Å². The number of hydrogen-bond acceptors (Lipinski definition) is 7. The topological polar surface area (TPSA) is 72.8 Å². The first-order valence-electron chi connectivity index (χ1n) is 10.5. The SMILES string of the molecule is COc1cc(/C=N/NC(=O)CSc2nc(-c3ccccc3)cs2)ccc1OCc1ccccc1. The summed E-state index contributed by atoms with van der Waals surface area (Å²) < 4.78 is 12.2. The first kappa shape index (κ1) is 23.5. The van der Waals surface area contributed by atoms with E-state index in [0.717, 1.165) is 26.7 Å². The molecule has 8 heteroatoms. The maximum Gasteiger partial charge on any atom is 0.250 e. The summed E-state index contributed by atoms with van der Waals surface area (Å²) in [5, 5.41) is 6.05. The third kappa shape index (κ3) is 6.69. The molecular weight excluding hydrogens is 466 g/mol. The van der Waals surface area contributed by atoms with Crippen LogP contribution >= 0.6 is 23.1 Å². The fourth-order valence-corrected chi connectivity index (χ4v) is 4.65. The lowest BCUT2D eigenvalue weighted by Crippen LogP contribution is -2.19. The van der Waals surface area contributed by atoms with Gasteiger partial charge in [0, 0.05) is 10.9 Å². The van der Waals surface area contributed by atoms with Crippen molar-refractivity contribution in [3.63, 3.8) is 0 Å². The number of benzene rings is 3. The number of aromatic nitrogens is 1. The lowest BCUT2D eigenvalue weighted by atomic mass is 10.2. The van der Waals surface area contributed by atoms with E-state index < -0.39 is 0 Å². The Morgan fingerprint density at radius 3 is 2.59 bits per heavy atom. The van der Waals surface area contributed by atoms with Crippen molar-refractivity contribution in [2.24, 2.45) is 5.10 Å². The Balaban J connectivity index is 1.26. The summed E-state index contributed by atoms with van der Waals surface area (Å²) in [6.45, 7) is 0.449. The third-order valence-electron chi connectivity index (χ3n) is 4.71. The largest absolute Gasteiger partial charge is 0.493 e. The Morgan fingerprint density at radius 1 is 1.06 bits per heavy atom. The van der Waals surface area contributed by atoms with Gasteiger partial charge in [-0.2, -0.15) is 5.10 Å². The smallest absolute Gasteiger partial charge is 0.250 e. The average molecular weight is 490 g/mol. The fraction of sp³-hybridized carbons (Fsp3) is 0.115. The van der Waals surface area contributed by atoms with Gasteiger partial charge < -0.3 is 9.47 Å². The van der Waals surface area contributed by atoms with Crippen LogP contribution in [0.5, 0.6) is 11.5 Å². The van der Waals surface area contributed by atoms with Gasteiger partial charge in [-0.25, -0.2) is 10.4 Å². The van der Waals surface area contributed by atoms with Crippen molar-refractivity contribution in [2.45, 2.75) is 10.9 Å². The monoisotopic (exact) mass is 489 g/mol. The number of nitrogens with one attached hydrogen (secondary N) is 1. The summed E-state index contributed by atoms with van der Waals surface area (Å²) in [6, 6.07) is 25.4. The normalized spacial score (nSPS) is 10.9. The molecule has 0 atom stereocenters. The molecule has 0 radical (unpaired) electrons. The molecule has 3 aromatic carbocycles. The molecule has 0 unspecified atom stereocenters. The van der Waals surface area contributed by atoms with Crippen molar-refractivity contribution >= 4 is 35.2 Å². The van der Waals surface area contributed by atoms with Crippen LogP contribution in [0.25, 0.3) is 11.3 Å². The summed E-state index contributed by atoms with van der Waals surface area (Å²) in [7, 11) is 1.59. The first-order valence-corrected chi connectivity index (χ1v) is 12.4. The number of carbonyl (C=O) groups excluding carboxylic acids is 1. The number of carbonyl (C=O) groups is 1. The molecule has 0 fully saturated rings. The zero-order valence-corrected chi connectivity index (χ0v) is 20.1. The molecule has 0 bridgehead atoms. The van der Waals surface area contributed by atoms with E-state index in [1.54, 1.807) is 13.3 Å². The van der Waals surface area contributed by atoms with Gasteiger partial charge in [0.25, 0.3) is 5.91 Å². The van der Waals surface area contributed by atoms with Crippen LogP contribution in [0.2, 0.25) is 0 Å². The molecule has 6 nitrogen and oxygen atoms in total. The maximum atomic E-state index is 12.2. The lowest BCUT2D eigenvalue weighted by molar-refractivity contribution is -0.118. The van der Waals surface area contributed by atoms with Crippen molar-refractivity contribution < 1.29 is 14.3 Å². The summed E-state index contributed by atoms with van der Waals surface area (Å²) in [6.07, 6.45) is 1.57. The lowest BCUT2D eigenvalue weighted by Gasteiger charge is -2.11. The number of nitrogens with zero attached hydrogens (tertiary/aromatic N) is 2. The summed E-state index contributed by atoms with van der Waals surface area (Å²) >= 11 is 2.91. The van der Waals surface area contributed by atoms with E-state index in [1.807, 2.05) is 84.2 Å². The average Bonchev–Trinajstić information content (AvgIpc) is 3.37. The highest BCUT2D eigenvalue weighted by molar-refractivity contribution is 8.01. The van der Waals surface area contributed by atoms with Crippen LogP contribution in [0.15, 0.2) is 93.7 Å². The van der Waals surface area contributed by atoms with Gasteiger partial charge in [0.15, 0.2) is 15.8 Å². The predicted octanol–water partition coefficient (Wildman–Crippen LogP) is 5.64. The highest BCUT2D eigenvalue weighted by Crippen LogP contribution is 2.29. The molecule has 0 aliphatic heterocycles. The van der Waals surface area contributed by atoms with Crippen LogP contribution in [0.4, 0.5) is 0 Å². The van der Waals surface area contributed by atoms with E-state index in [1.165, 1.54) is 23.1 Å². The molecule has 172 valence electrons. The molecule has 34 heavy (non-hydrogen) atoms. The van der Waals surface area contributed by atoms with Gasteiger partial charge >= 0.3 is 0 Å². The summed E-state index contributed by atoms with van der Waals surface area (Å²) in [5.41, 5.74) is 6.38. The maximum absolute atomic E-state index is 12.2. The zero-order chi connectivity index (χ0) is 23.6. The van der Waals surface area contributed by atoms with Crippen LogP contribution in [0.3, 0.4) is 0 Å². The van der Waals surface area contributed by atoms with E-state index >= 15 is 0 Å². The van der Waals surface area contributed by atoms with Gasteiger partial charge in [-0.05, 0) is 29.3 Å². The first-order chi connectivity index (χ1) is 16.7. The second kappa shape index (κ2) is 12.0. The zero-order valence-electron chi connectivity index (χ0n) is 18.5. The van der Waals surface area contributed by atoms with E-state index in [4.69, 9.17) is 9.47 Å². The van der Waals surface area contributed by atoms with E-state index in [2.05, 4.69) is 15.5 Å². The van der Waals surface area contributed by atoms with E-state index in [9.17, 15) is 4.79 Å². The molecule has 0 saturated carbocycles. The van der Waals surface area contributed by atoms with E-state index in [0.29, 0.717) is 18.1 Å². The molecule has 0 saturated heterocycles. The Labute approximate surface area is 206 Å². The predicted molar refractivity (Wildman–Crippen MR) is 138 cm³/mol. The van der Waals surface area contributed by atoms with Gasteiger partial charge in [0.1, 0.15) is 6.61 Å². The molecule has 0 aliphatic carbocycles. The minimum absolute atomic E-state index is 0.201. The van der Waals surface area contributed by atoms with E-state index in [-0.39, 0.29) is 11.7 Å². The van der Waals surface area contributed by atoms with Crippen LogP contribution < -0.4 is 14.9 Å². The minimum Gasteiger partial charge on any atom is -0.493 e. The van der Waals surface area contributed by atoms with Crippen LogP contribution in [-0.4, -0.2) is 30.0 Å². The van der Waals surface area contributed by atoms with Crippen molar-refractivity contribution in [3.05, 3.63) is 95.4 Å². The highest BCUT2D eigenvalue weighted by Gasteiger charge is 2.08. The van der Waals surface area contributed by atoms with Crippen molar-refractivity contribution in [1.82, 2.24) is 10.4 Å². The number of methoxy groups -OCH3 is 1. The third-order valence-corrected chi connectivity index (χ3v) is 6.73. The van der Waals surface area contributed by atoms with Gasteiger partial charge in [0.05, 0.1) is 24.8 Å². The van der Waals surface area contributed by atoms with Gasteiger partial charge in [-0.1, -0.05) is 72.4 Å². The molecular formula is C26H23N3O3S2. The number of hydrazone groups is 1. The van der Waals surface area contributed by atoms with Crippen LogP contribution in [0.1, 0.15) is 11.1 Å². The van der Waals surface area contributed by atoms with Gasteiger partial charge in [-0.3, -0.25) is 4.79 Å². The molecule has 0 aliphatic rings. The summed E-state index contributed by atoms with van der Waals surface area (Å²) in [4.78, 5) is 16.7. The quantitative estimate of drug-likeness (QED) is 0.177. The minimum atomic E-state index is -0.201. The Bertz CT molecular complexity index is 1240. The number of rotatable bonds is 10. The molecule has 4 aromatic rings. The molecule has 1 amide bonds. The fourth-order valence-electron chi connectivity index (χ4n) is 3.02. The number of amides is 1. The van der Waals surface area contributed by atoms with Crippen molar-refractivity contribution in [1.29, 1.82) is 0 Å². The second-order valence-corrected chi connectivity index (χ2v) is 9.21. The molecule has 1 heterocycles. The standard InChI is InChI=1S/C26H23N3O3S2/c1-31-24-14-20(12-13-23(24)32-16-19-8-4-2-5-9-19)15-27-29-25(30)18-34-26-28-22(17-33-26)21-10-6-3-7-11-21/h2-15,17H,16,18H2,1H3,(H,29,30)/b27-15+. The number of thiazole rings is 1. The van der Waals surface area contributed by atoms with Crippen molar-refractivity contribution in [2.75, 3.05) is 12.9 Å². The molecule has 4 rings (SSSR count). The number of ether oxygens (including phenoxy) is 2. The Kier molecular flexibility index (Phi) is 8.32. The Morgan fingerprint density at radius 2 is 1.82 bits per heavy atom. The second-order valence-electron chi connectivity index (χ2n) is 7.13. The molecule has 1 N–H and O–H groups in total. The highest BCUT2D eigenvalue weighted by atomic mass is 32.2. The van der Waals surface area contributed by atoms with Crippen LogP contribution in [-0.2, 0) is 11.4 Å². The molecule has 0 spiro atoms. The summed E-state index contributed by atoms with van der Waals surface area (Å²) in [5.74, 6) is 1.27. The van der Waals surface area contributed by atoms with Crippen molar-refractivity contribution in [3.8, 4) is 22.8 Å².